The van der Waals surface area contributed by atoms with Crippen LogP contribution in [0.1, 0.15) is 40.0 Å². The van der Waals surface area contributed by atoms with Crippen LogP contribution >= 0.6 is 0 Å². The Morgan fingerprint density at radius 3 is 2.45 bits per heavy atom. The summed E-state index contributed by atoms with van der Waals surface area (Å²) in [4.78, 5) is 14.5. The third-order valence-corrected chi connectivity index (χ3v) is 5.71. The summed E-state index contributed by atoms with van der Waals surface area (Å²) in [5, 5.41) is 0. The predicted molar refractivity (Wildman–Crippen MR) is 87.3 cm³/mol. The van der Waals surface area contributed by atoms with Crippen LogP contribution in [0.2, 0.25) is 0 Å². The summed E-state index contributed by atoms with van der Waals surface area (Å²) in [6.45, 7) is 6.74. The lowest BCUT2D eigenvalue weighted by atomic mass is 9.91. The van der Waals surface area contributed by atoms with E-state index in [4.69, 9.17) is 0 Å². The molecule has 1 aromatic carbocycles. The average molecular weight is 323 g/mol. The Labute approximate surface area is 133 Å². The van der Waals surface area contributed by atoms with Crippen molar-refractivity contribution in [2.24, 2.45) is 5.41 Å². The second kappa shape index (κ2) is 6.41. The minimum atomic E-state index is -3.35. The fraction of sp³-hybridized carbons (Fsp3) is 0.588. The van der Waals surface area contributed by atoms with Crippen LogP contribution in [0.5, 0.6) is 0 Å². The number of hydrogen-bond donors (Lipinski definition) is 0. The van der Waals surface area contributed by atoms with Gasteiger partial charge in [-0.1, -0.05) is 39.0 Å². The normalized spacial score (nSPS) is 19.4. The van der Waals surface area contributed by atoms with Crippen molar-refractivity contribution in [1.29, 1.82) is 0 Å². The number of carbonyl (C=O) groups is 1. The Morgan fingerprint density at radius 2 is 1.86 bits per heavy atom. The van der Waals surface area contributed by atoms with Gasteiger partial charge in [-0.05, 0) is 30.4 Å². The molecule has 0 radical (unpaired) electrons. The predicted octanol–water partition coefficient (Wildman–Crippen LogP) is 2.89. The second-order valence-corrected chi connectivity index (χ2v) is 9.25. The molecule has 1 atom stereocenters. The van der Waals surface area contributed by atoms with Crippen LogP contribution in [-0.4, -0.2) is 37.6 Å². The number of hydrogen-bond acceptors (Lipinski definition) is 3. The molecule has 5 heteroatoms. The largest absolute Gasteiger partial charge is 0.339 e. The summed E-state index contributed by atoms with van der Waals surface area (Å²) in [6.07, 6.45) is 2.10. The lowest BCUT2D eigenvalue weighted by Gasteiger charge is -2.28. The van der Waals surface area contributed by atoms with Gasteiger partial charge in [0.1, 0.15) is 0 Å². The molecule has 2 rings (SSSR count). The van der Waals surface area contributed by atoms with Gasteiger partial charge in [-0.3, -0.25) is 4.79 Å². The number of sulfone groups is 1. The molecule has 1 aromatic rings. The zero-order valence-corrected chi connectivity index (χ0v) is 14.4. The van der Waals surface area contributed by atoms with Crippen molar-refractivity contribution in [3.05, 3.63) is 30.3 Å². The van der Waals surface area contributed by atoms with E-state index in [2.05, 4.69) is 0 Å². The van der Waals surface area contributed by atoms with E-state index in [0.29, 0.717) is 17.9 Å². The minimum absolute atomic E-state index is 0.0207. The number of carbonyl (C=O) groups excluding carboxylic acids is 1. The molecule has 4 nitrogen and oxygen atoms in total. The maximum atomic E-state index is 12.5. The summed E-state index contributed by atoms with van der Waals surface area (Å²) in [7, 11) is -3.35. The third kappa shape index (κ3) is 4.32. The third-order valence-electron chi connectivity index (χ3n) is 3.89. The number of nitrogens with zero attached hydrogens (tertiary/aromatic N) is 1. The highest BCUT2D eigenvalue weighted by Crippen LogP contribution is 2.26. The molecule has 122 valence electrons. The Kier molecular flexibility index (Phi) is 4.95. The van der Waals surface area contributed by atoms with Crippen molar-refractivity contribution in [1.82, 2.24) is 4.90 Å². The summed E-state index contributed by atoms with van der Waals surface area (Å²) in [6, 6.07) is 8.29. The Balaban J connectivity index is 2.10. The van der Waals surface area contributed by atoms with E-state index in [0.717, 1.165) is 12.8 Å². The number of benzene rings is 1. The van der Waals surface area contributed by atoms with Gasteiger partial charge in [-0.25, -0.2) is 8.42 Å². The van der Waals surface area contributed by atoms with E-state index in [9.17, 15) is 13.2 Å². The fourth-order valence-electron chi connectivity index (χ4n) is 2.87. The average Bonchev–Trinajstić information content (AvgIpc) is 2.85. The summed E-state index contributed by atoms with van der Waals surface area (Å²) >= 11 is 0. The Bertz CT molecular complexity index is 617. The van der Waals surface area contributed by atoms with Crippen LogP contribution in [0.3, 0.4) is 0 Å². The van der Waals surface area contributed by atoms with Gasteiger partial charge in [0.05, 0.1) is 10.6 Å². The monoisotopic (exact) mass is 323 g/mol. The van der Waals surface area contributed by atoms with E-state index in [1.807, 2.05) is 20.8 Å². The molecule has 0 aliphatic carbocycles. The molecular formula is C17H25NO3S. The van der Waals surface area contributed by atoms with Crippen LogP contribution in [0.25, 0.3) is 0 Å². The number of amides is 1. The van der Waals surface area contributed by atoms with E-state index in [1.165, 1.54) is 0 Å². The van der Waals surface area contributed by atoms with Crippen molar-refractivity contribution in [2.45, 2.75) is 51.0 Å². The van der Waals surface area contributed by atoms with Gasteiger partial charge in [0.25, 0.3) is 0 Å². The molecule has 0 N–H and O–H groups in total. The molecule has 22 heavy (non-hydrogen) atoms. The molecular weight excluding hydrogens is 298 g/mol. The van der Waals surface area contributed by atoms with Crippen LogP contribution in [0.4, 0.5) is 0 Å². The molecule has 0 aromatic heterocycles. The Morgan fingerprint density at radius 1 is 1.23 bits per heavy atom. The van der Waals surface area contributed by atoms with E-state index < -0.39 is 9.84 Å². The standard InChI is InChI=1S/C17H25NO3S/c1-17(2,3)12-16(19)18-11-7-8-14(18)13-22(20,21)15-9-5-4-6-10-15/h4-6,9-10,14H,7-8,11-13H2,1-3H3. The van der Waals surface area contributed by atoms with Gasteiger partial charge < -0.3 is 4.90 Å². The highest BCUT2D eigenvalue weighted by molar-refractivity contribution is 7.91. The van der Waals surface area contributed by atoms with E-state index >= 15 is 0 Å². The lowest BCUT2D eigenvalue weighted by Crippen LogP contribution is -2.41. The van der Waals surface area contributed by atoms with Gasteiger partial charge in [0, 0.05) is 19.0 Å². The van der Waals surface area contributed by atoms with Crippen molar-refractivity contribution in [2.75, 3.05) is 12.3 Å². The maximum Gasteiger partial charge on any atom is 0.223 e. The first kappa shape index (κ1) is 17.0. The topological polar surface area (TPSA) is 54.5 Å². The van der Waals surface area contributed by atoms with Crippen molar-refractivity contribution in [3.63, 3.8) is 0 Å². The van der Waals surface area contributed by atoms with Crippen molar-refractivity contribution in [3.8, 4) is 0 Å². The summed E-state index contributed by atoms with van der Waals surface area (Å²) < 4.78 is 25.0. The van der Waals surface area contributed by atoms with Crippen LogP contribution in [0.15, 0.2) is 35.2 Å². The van der Waals surface area contributed by atoms with Crippen LogP contribution in [-0.2, 0) is 14.6 Å². The molecule has 1 heterocycles. The Hall–Kier alpha value is -1.36. The van der Waals surface area contributed by atoms with Gasteiger partial charge in [0.2, 0.25) is 5.91 Å². The molecule has 1 aliphatic rings. The second-order valence-electron chi connectivity index (χ2n) is 7.22. The van der Waals surface area contributed by atoms with Crippen LogP contribution in [0, 0.1) is 5.41 Å². The molecule has 0 spiro atoms. The summed E-state index contributed by atoms with van der Waals surface area (Å²) in [5.74, 6) is 0.0886. The zero-order chi connectivity index (χ0) is 16.4. The molecule has 1 saturated heterocycles. The SMILES string of the molecule is CC(C)(C)CC(=O)N1CCCC1CS(=O)(=O)c1ccccc1. The first-order chi connectivity index (χ1) is 10.2. The van der Waals surface area contributed by atoms with E-state index in [1.54, 1.807) is 35.2 Å². The number of likely N-dealkylation sites (tertiary alicyclic amines) is 1. The van der Waals surface area contributed by atoms with Gasteiger partial charge >= 0.3 is 0 Å². The molecule has 0 bridgehead atoms. The minimum Gasteiger partial charge on any atom is -0.339 e. The molecule has 1 amide bonds. The maximum absolute atomic E-state index is 12.5. The quantitative estimate of drug-likeness (QED) is 0.856. The zero-order valence-electron chi connectivity index (χ0n) is 13.6. The molecule has 1 aliphatic heterocycles. The highest BCUT2D eigenvalue weighted by atomic mass is 32.2. The molecule has 1 fully saturated rings. The number of rotatable bonds is 4. The molecule has 1 unspecified atom stereocenters. The van der Waals surface area contributed by atoms with Gasteiger partial charge in [0.15, 0.2) is 9.84 Å². The lowest BCUT2D eigenvalue weighted by molar-refractivity contribution is -0.133. The smallest absolute Gasteiger partial charge is 0.223 e. The molecule has 0 saturated carbocycles. The first-order valence-corrected chi connectivity index (χ1v) is 9.41. The van der Waals surface area contributed by atoms with Crippen molar-refractivity contribution >= 4 is 15.7 Å². The summed E-state index contributed by atoms with van der Waals surface area (Å²) in [5.41, 5.74) is -0.0808. The van der Waals surface area contributed by atoms with Crippen molar-refractivity contribution < 1.29 is 13.2 Å². The van der Waals surface area contributed by atoms with Gasteiger partial charge in [-0.2, -0.15) is 0 Å². The van der Waals surface area contributed by atoms with E-state index in [-0.39, 0.29) is 23.1 Å². The first-order valence-electron chi connectivity index (χ1n) is 7.76. The fourth-order valence-corrected chi connectivity index (χ4v) is 4.49. The van der Waals surface area contributed by atoms with Gasteiger partial charge in [-0.15, -0.1) is 0 Å². The highest BCUT2D eigenvalue weighted by Gasteiger charge is 2.34. The van der Waals surface area contributed by atoms with Crippen LogP contribution < -0.4 is 0 Å².